The summed E-state index contributed by atoms with van der Waals surface area (Å²) in [6.07, 6.45) is 4.81. The number of aromatic nitrogens is 1. The van der Waals surface area contributed by atoms with Gasteiger partial charge in [0, 0.05) is 12.7 Å². The fourth-order valence-electron chi connectivity index (χ4n) is 1.20. The highest BCUT2D eigenvalue weighted by Gasteiger charge is 2.21. The second-order valence-electron chi connectivity index (χ2n) is 3.55. The van der Waals surface area contributed by atoms with Gasteiger partial charge in [0.2, 0.25) is 0 Å². The van der Waals surface area contributed by atoms with Gasteiger partial charge in [-0.05, 0) is 24.8 Å². The molecule has 4 heteroatoms. The van der Waals surface area contributed by atoms with E-state index in [9.17, 15) is 9.18 Å². The number of hydrogen-bond acceptors (Lipinski definition) is 2. The maximum absolute atomic E-state index is 12.7. The summed E-state index contributed by atoms with van der Waals surface area (Å²) in [7, 11) is 0. The molecule has 1 aromatic rings. The molecule has 0 aliphatic heterocycles. The lowest BCUT2D eigenvalue weighted by Crippen LogP contribution is -2.25. The number of pyridine rings is 1. The van der Waals surface area contributed by atoms with Gasteiger partial charge in [-0.3, -0.25) is 9.78 Å². The van der Waals surface area contributed by atoms with Crippen LogP contribution in [0.25, 0.3) is 0 Å². The van der Waals surface area contributed by atoms with E-state index in [4.69, 9.17) is 0 Å². The number of hydrogen-bond donors (Lipinski definition) is 1. The van der Waals surface area contributed by atoms with Gasteiger partial charge in [-0.2, -0.15) is 0 Å². The highest BCUT2D eigenvalue weighted by Crippen LogP contribution is 2.27. The van der Waals surface area contributed by atoms with Crippen molar-refractivity contribution in [1.29, 1.82) is 0 Å². The molecule has 0 aromatic carbocycles. The van der Waals surface area contributed by atoms with Crippen molar-refractivity contribution in [2.45, 2.75) is 12.8 Å². The molecule has 0 spiro atoms. The molecule has 0 radical (unpaired) electrons. The number of carbonyl (C=O) groups excluding carboxylic acids is 1. The van der Waals surface area contributed by atoms with Crippen LogP contribution in [-0.4, -0.2) is 17.4 Å². The normalized spacial score (nSPS) is 15.2. The molecule has 1 aliphatic rings. The van der Waals surface area contributed by atoms with Crippen LogP contribution in [0.5, 0.6) is 0 Å². The van der Waals surface area contributed by atoms with E-state index in [1.54, 1.807) is 0 Å². The summed E-state index contributed by atoms with van der Waals surface area (Å²) in [6, 6.07) is 1.19. The van der Waals surface area contributed by atoms with E-state index in [1.165, 1.54) is 25.1 Å². The Hall–Kier alpha value is -1.45. The van der Waals surface area contributed by atoms with E-state index in [2.05, 4.69) is 10.3 Å². The van der Waals surface area contributed by atoms with Gasteiger partial charge in [0.15, 0.2) is 0 Å². The van der Waals surface area contributed by atoms with Crippen LogP contribution >= 0.6 is 0 Å². The fraction of sp³-hybridized carbons (Fsp3) is 0.400. The van der Waals surface area contributed by atoms with Crippen LogP contribution in [0, 0.1) is 11.7 Å². The van der Waals surface area contributed by atoms with Gasteiger partial charge >= 0.3 is 0 Å². The van der Waals surface area contributed by atoms with Crippen molar-refractivity contribution >= 4 is 5.91 Å². The smallest absolute Gasteiger partial charge is 0.252 e. The molecule has 14 heavy (non-hydrogen) atoms. The van der Waals surface area contributed by atoms with Gasteiger partial charge in [0.1, 0.15) is 5.82 Å². The Balaban J connectivity index is 1.95. The summed E-state index contributed by atoms with van der Waals surface area (Å²) < 4.78 is 12.7. The third-order valence-corrected chi connectivity index (χ3v) is 2.22. The van der Waals surface area contributed by atoms with E-state index in [0.717, 1.165) is 6.20 Å². The van der Waals surface area contributed by atoms with Crippen LogP contribution in [0.3, 0.4) is 0 Å². The Kier molecular flexibility index (Phi) is 2.43. The second-order valence-corrected chi connectivity index (χ2v) is 3.55. The molecule has 0 atom stereocenters. The third-order valence-electron chi connectivity index (χ3n) is 2.22. The van der Waals surface area contributed by atoms with E-state index in [1.807, 2.05) is 0 Å². The minimum absolute atomic E-state index is 0.246. The lowest BCUT2D eigenvalue weighted by atomic mass is 10.2. The van der Waals surface area contributed by atoms with Gasteiger partial charge in [-0.25, -0.2) is 4.39 Å². The molecule has 1 fully saturated rings. The Morgan fingerprint density at radius 3 is 3.00 bits per heavy atom. The number of nitrogens with one attached hydrogen (secondary N) is 1. The molecular formula is C10H11FN2O. The lowest BCUT2D eigenvalue weighted by molar-refractivity contribution is 0.0951. The zero-order valence-electron chi connectivity index (χ0n) is 7.66. The first-order chi connectivity index (χ1) is 6.75. The van der Waals surface area contributed by atoms with Crippen LogP contribution in [-0.2, 0) is 0 Å². The second kappa shape index (κ2) is 3.74. The van der Waals surface area contributed by atoms with Crippen molar-refractivity contribution in [2.75, 3.05) is 6.54 Å². The Morgan fingerprint density at radius 1 is 1.57 bits per heavy atom. The highest BCUT2D eigenvalue weighted by atomic mass is 19.1. The summed E-state index contributed by atoms with van der Waals surface area (Å²) in [5, 5.41) is 2.74. The molecule has 1 aliphatic carbocycles. The molecule has 1 aromatic heterocycles. The zero-order chi connectivity index (χ0) is 9.97. The SMILES string of the molecule is O=C(NCC1CC1)c1cncc(F)c1. The van der Waals surface area contributed by atoms with Crippen LogP contribution in [0.15, 0.2) is 18.5 Å². The van der Waals surface area contributed by atoms with Crippen LogP contribution in [0.2, 0.25) is 0 Å². The van der Waals surface area contributed by atoms with Gasteiger partial charge < -0.3 is 5.32 Å². The van der Waals surface area contributed by atoms with Gasteiger partial charge in [-0.1, -0.05) is 0 Å². The monoisotopic (exact) mass is 194 g/mol. The summed E-state index contributed by atoms with van der Waals surface area (Å²) >= 11 is 0. The number of nitrogens with zero attached hydrogens (tertiary/aromatic N) is 1. The Labute approximate surface area is 81.3 Å². The summed E-state index contributed by atoms with van der Waals surface area (Å²) in [5.74, 6) is -0.103. The van der Waals surface area contributed by atoms with Crippen molar-refractivity contribution in [1.82, 2.24) is 10.3 Å². The first-order valence-corrected chi connectivity index (χ1v) is 4.64. The fourth-order valence-corrected chi connectivity index (χ4v) is 1.20. The predicted molar refractivity (Wildman–Crippen MR) is 49.3 cm³/mol. The molecular weight excluding hydrogens is 183 g/mol. The van der Waals surface area contributed by atoms with Crippen molar-refractivity contribution < 1.29 is 9.18 Å². The molecule has 1 N–H and O–H groups in total. The van der Waals surface area contributed by atoms with E-state index < -0.39 is 5.82 Å². The van der Waals surface area contributed by atoms with Gasteiger partial charge in [0.25, 0.3) is 5.91 Å². The molecule has 3 nitrogen and oxygen atoms in total. The largest absolute Gasteiger partial charge is 0.352 e. The minimum Gasteiger partial charge on any atom is -0.352 e. The van der Waals surface area contributed by atoms with Crippen LogP contribution in [0.4, 0.5) is 4.39 Å². The average Bonchev–Trinajstić information content (AvgIpc) is 2.97. The van der Waals surface area contributed by atoms with E-state index in [0.29, 0.717) is 12.5 Å². The van der Waals surface area contributed by atoms with Crippen molar-refractivity contribution in [3.05, 3.63) is 29.8 Å². The van der Waals surface area contributed by atoms with E-state index in [-0.39, 0.29) is 11.5 Å². The molecule has 1 heterocycles. The third kappa shape index (κ3) is 2.28. The van der Waals surface area contributed by atoms with Crippen LogP contribution in [0.1, 0.15) is 23.2 Å². The number of rotatable bonds is 3. The summed E-state index contributed by atoms with van der Waals surface area (Å²) in [6.45, 7) is 0.690. The molecule has 0 unspecified atom stereocenters. The molecule has 0 saturated heterocycles. The minimum atomic E-state index is -0.482. The maximum Gasteiger partial charge on any atom is 0.252 e. The molecule has 74 valence electrons. The summed E-state index contributed by atoms with van der Waals surface area (Å²) in [4.78, 5) is 15.0. The van der Waals surface area contributed by atoms with Crippen molar-refractivity contribution in [2.24, 2.45) is 5.92 Å². The highest BCUT2D eigenvalue weighted by molar-refractivity contribution is 5.93. The van der Waals surface area contributed by atoms with Crippen molar-refractivity contribution in [3.8, 4) is 0 Å². The first kappa shape index (κ1) is 9.12. The van der Waals surface area contributed by atoms with Crippen molar-refractivity contribution in [3.63, 3.8) is 0 Å². The molecule has 0 bridgehead atoms. The Morgan fingerprint density at radius 2 is 2.36 bits per heavy atom. The maximum atomic E-state index is 12.7. The number of amides is 1. The standard InChI is InChI=1S/C10H11FN2O/c11-9-3-8(5-12-6-9)10(14)13-4-7-1-2-7/h3,5-7H,1-2,4H2,(H,13,14). The molecule has 2 rings (SSSR count). The predicted octanol–water partition coefficient (Wildman–Crippen LogP) is 1.36. The molecule has 1 saturated carbocycles. The summed E-state index contributed by atoms with van der Waals surface area (Å²) in [5.41, 5.74) is 0.283. The molecule has 1 amide bonds. The zero-order valence-corrected chi connectivity index (χ0v) is 7.66. The number of carbonyl (C=O) groups is 1. The topological polar surface area (TPSA) is 42.0 Å². The van der Waals surface area contributed by atoms with Gasteiger partial charge in [0.05, 0.1) is 11.8 Å². The quantitative estimate of drug-likeness (QED) is 0.789. The van der Waals surface area contributed by atoms with Gasteiger partial charge in [-0.15, -0.1) is 0 Å². The lowest BCUT2D eigenvalue weighted by Gasteiger charge is -2.02. The average molecular weight is 194 g/mol. The van der Waals surface area contributed by atoms with E-state index >= 15 is 0 Å². The van der Waals surface area contributed by atoms with Crippen LogP contribution < -0.4 is 5.32 Å². The first-order valence-electron chi connectivity index (χ1n) is 4.64. The number of halogens is 1. The Bertz CT molecular complexity index is 350.